The Morgan fingerprint density at radius 2 is 1.34 bits per heavy atom. The summed E-state index contributed by atoms with van der Waals surface area (Å²) >= 11 is 0. The highest BCUT2D eigenvalue weighted by Gasteiger charge is 2.34. The number of aromatic nitrogens is 2. The van der Waals surface area contributed by atoms with Gasteiger partial charge in [-0.05, 0) is 30.3 Å². The standard InChI is InChI=1S/C29H22N2O/c1-29(2)22-13-7-9-15-25(22)32-26-17-16-20(18-23(26)29)27-21-12-6-8-14-24(21)30-28(31-27)19-10-4-3-5-11-19/h3-18H,1-2H3. The number of benzene rings is 4. The van der Waals surface area contributed by atoms with Gasteiger partial charge in [-0.25, -0.2) is 9.97 Å². The third kappa shape index (κ3) is 2.89. The molecule has 0 amide bonds. The molecule has 5 aromatic rings. The molecule has 3 heteroatoms. The maximum atomic E-state index is 6.25. The van der Waals surface area contributed by atoms with Gasteiger partial charge >= 0.3 is 0 Å². The second-order valence-electron chi connectivity index (χ2n) is 8.71. The van der Waals surface area contributed by atoms with Gasteiger partial charge in [0.15, 0.2) is 5.82 Å². The van der Waals surface area contributed by atoms with Crippen LogP contribution in [0.25, 0.3) is 33.5 Å². The van der Waals surface area contributed by atoms with E-state index in [1.165, 1.54) is 5.56 Å². The predicted molar refractivity (Wildman–Crippen MR) is 129 cm³/mol. The molecular weight excluding hydrogens is 392 g/mol. The van der Waals surface area contributed by atoms with Crippen molar-refractivity contribution in [1.82, 2.24) is 9.97 Å². The average molecular weight is 415 g/mol. The first-order valence-corrected chi connectivity index (χ1v) is 10.9. The van der Waals surface area contributed by atoms with E-state index in [1.807, 2.05) is 42.5 Å². The van der Waals surface area contributed by atoms with Crippen LogP contribution < -0.4 is 4.74 Å². The summed E-state index contributed by atoms with van der Waals surface area (Å²) in [4.78, 5) is 9.87. The SMILES string of the molecule is CC1(C)c2ccccc2Oc2ccc(-c3nc(-c4ccccc4)nc4ccccc34)cc21. The van der Waals surface area contributed by atoms with Crippen molar-refractivity contribution in [2.24, 2.45) is 0 Å². The Morgan fingerprint density at radius 3 is 2.22 bits per heavy atom. The van der Waals surface area contributed by atoms with E-state index in [4.69, 9.17) is 14.7 Å². The van der Waals surface area contributed by atoms with Gasteiger partial charge in [0.25, 0.3) is 0 Å². The molecule has 3 nitrogen and oxygen atoms in total. The average Bonchev–Trinajstić information content (AvgIpc) is 2.84. The van der Waals surface area contributed by atoms with E-state index in [1.54, 1.807) is 0 Å². The molecule has 0 aliphatic carbocycles. The Hall–Kier alpha value is -3.98. The summed E-state index contributed by atoms with van der Waals surface area (Å²) in [6.07, 6.45) is 0. The van der Waals surface area contributed by atoms with Crippen molar-refractivity contribution in [1.29, 1.82) is 0 Å². The van der Waals surface area contributed by atoms with Crippen molar-refractivity contribution in [2.75, 3.05) is 0 Å². The lowest BCUT2D eigenvalue weighted by Crippen LogP contribution is -2.24. The molecule has 0 atom stereocenters. The van der Waals surface area contributed by atoms with Gasteiger partial charge in [0.1, 0.15) is 11.5 Å². The molecular formula is C29H22N2O. The molecule has 0 bridgehead atoms. The van der Waals surface area contributed by atoms with Gasteiger partial charge in [-0.3, -0.25) is 0 Å². The van der Waals surface area contributed by atoms with Crippen LogP contribution in [0.5, 0.6) is 11.5 Å². The second kappa shape index (κ2) is 7.03. The zero-order chi connectivity index (χ0) is 21.7. The van der Waals surface area contributed by atoms with Crippen LogP contribution >= 0.6 is 0 Å². The Kier molecular flexibility index (Phi) is 4.12. The van der Waals surface area contributed by atoms with Crippen molar-refractivity contribution in [2.45, 2.75) is 19.3 Å². The molecule has 0 radical (unpaired) electrons. The highest BCUT2D eigenvalue weighted by atomic mass is 16.5. The summed E-state index contributed by atoms with van der Waals surface area (Å²) < 4.78 is 6.25. The number of ether oxygens (including phenoxy) is 1. The third-order valence-electron chi connectivity index (χ3n) is 6.34. The number of hydrogen-bond acceptors (Lipinski definition) is 3. The molecule has 1 aliphatic rings. The van der Waals surface area contributed by atoms with Gasteiger partial charge in [-0.2, -0.15) is 0 Å². The quantitative estimate of drug-likeness (QED) is 0.302. The van der Waals surface area contributed by atoms with Gasteiger partial charge in [0.05, 0.1) is 11.2 Å². The van der Waals surface area contributed by atoms with Crippen molar-refractivity contribution in [3.8, 4) is 34.1 Å². The molecule has 4 aromatic carbocycles. The Bertz CT molecular complexity index is 1470. The molecule has 32 heavy (non-hydrogen) atoms. The normalized spacial score (nSPS) is 13.8. The van der Waals surface area contributed by atoms with Crippen LogP contribution in [0.15, 0.2) is 97.1 Å². The van der Waals surface area contributed by atoms with Crippen LogP contribution in [-0.2, 0) is 5.41 Å². The lowest BCUT2D eigenvalue weighted by Gasteiger charge is -2.34. The molecule has 0 fully saturated rings. The van der Waals surface area contributed by atoms with Gasteiger partial charge in [0.2, 0.25) is 0 Å². The smallest absolute Gasteiger partial charge is 0.160 e. The Balaban J connectivity index is 1.57. The van der Waals surface area contributed by atoms with E-state index in [9.17, 15) is 0 Å². The number of para-hydroxylation sites is 2. The minimum atomic E-state index is -0.175. The van der Waals surface area contributed by atoms with E-state index < -0.39 is 0 Å². The van der Waals surface area contributed by atoms with Crippen molar-refractivity contribution >= 4 is 10.9 Å². The van der Waals surface area contributed by atoms with Crippen molar-refractivity contribution < 1.29 is 4.74 Å². The molecule has 2 heterocycles. The lowest BCUT2D eigenvalue weighted by atomic mass is 9.75. The van der Waals surface area contributed by atoms with Crippen LogP contribution in [0.3, 0.4) is 0 Å². The van der Waals surface area contributed by atoms with Gasteiger partial charge in [-0.1, -0.05) is 80.6 Å². The molecule has 0 N–H and O–H groups in total. The summed E-state index contributed by atoms with van der Waals surface area (Å²) in [7, 11) is 0. The van der Waals surface area contributed by atoms with Crippen molar-refractivity contribution in [3.63, 3.8) is 0 Å². The van der Waals surface area contributed by atoms with E-state index >= 15 is 0 Å². The molecule has 0 spiro atoms. The summed E-state index contributed by atoms with van der Waals surface area (Å²) in [5.41, 5.74) is 6.14. The predicted octanol–water partition coefficient (Wildman–Crippen LogP) is 7.40. The minimum Gasteiger partial charge on any atom is -0.457 e. The summed E-state index contributed by atoms with van der Waals surface area (Å²) in [5, 5.41) is 1.04. The maximum Gasteiger partial charge on any atom is 0.160 e. The van der Waals surface area contributed by atoms with Gasteiger partial charge in [0, 0.05) is 33.1 Å². The van der Waals surface area contributed by atoms with Crippen LogP contribution in [0.2, 0.25) is 0 Å². The molecule has 1 aromatic heterocycles. The molecule has 0 saturated carbocycles. The number of fused-ring (bicyclic) bond motifs is 3. The fraction of sp³-hybridized carbons (Fsp3) is 0.103. The summed E-state index contributed by atoms with van der Waals surface area (Å²) in [6.45, 7) is 4.51. The maximum absolute atomic E-state index is 6.25. The van der Waals surface area contributed by atoms with Crippen LogP contribution in [0.1, 0.15) is 25.0 Å². The second-order valence-corrected chi connectivity index (χ2v) is 8.71. The van der Waals surface area contributed by atoms with Crippen LogP contribution in [-0.4, -0.2) is 9.97 Å². The Labute approximate surface area is 187 Å². The fourth-order valence-corrected chi connectivity index (χ4v) is 4.60. The monoisotopic (exact) mass is 414 g/mol. The van der Waals surface area contributed by atoms with E-state index in [0.717, 1.165) is 50.6 Å². The van der Waals surface area contributed by atoms with E-state index in [-0.39, 0.29) is 5.41 Å². The molecule has 154 valence electrons. The first kappa shape index (κ1) is 18.8. The highest BCUT2D eigenvalue weighted by Crippen LogP contribution is 2.48. The molecule has 0 saturated heterocycles. The zero-order valence-electron chi connectivity index (χ0n) is 18.0. The van der Waals surface area contributed by atoms with Crippen molar-refractivity contribution in [3.05, 3.63) is 108 Å². The molecule has 0 unspecified atom stereocenters. The van der Waals surface area contributed by atoms with E-state index in [0.29, 0.717) is 0 Å². The Morgan fingerprint density at radius 1 is 0.625 bits per heavy atom. The van der Waals surface area contributed by atoms with E-state index in [2.05, 4.69) is 68.4 Å². The van der Waals surface area contributed by atoms with Gasteiger partial charge in [-0.15, -0.1) is 0 Å². The first-order valence-electron chi connectivity index (χ1n) is 10.9. The van der Waals surface area contributed by atoms with Gasteiger partial charge < -0.3 is 4.74 Å². The van der Waals surface area contributed by atoms with Crippen LogP contribution in [0.4, 0.5) is 0 Å². The zero-order valence-corrected chi connectivity index (χ0v) is 18.0. The highest BCUT2D eigenvalue weighted by molar-refractivity contribution is 5.94. The summed E-state index contributed by atoms with van der Waals surface area (Å²) in [5.74, 6) is 2.56. The van der Waals surface area contributed by atoms with Crippen LogP contribution in [0, 0.1) is 0 Å². The topological polar surface area (TPSA) is 35.0 Å². The number of rotatable bonds is 2. The lowest BCUT2D eigenvalue weighted by molar-refractivity contribution is 0.418. The molecule has 6 rings (SSSR count). The molecule has 1 aliphatic heterocycles. The number of nitrogens with zero attached hydrogens (tertiary/aromatic N) is 2. The third-order valence-corrected chi connectivity index (χ3v) is 6.34. The first-order chi connectivity index (χ1) is 15.6. The number of hydrogen-bond donors (Lipinski definition) is 0. The summed E-state index contributed by atoms with van der Waals surface area (Å²) in [6, 6.07) is 33.0. The largest absolute Gasteiger partial charge is 0.457 e. The fourth-order valence-electron chi connectivity index (χ4n) is 4.60. The minimum absolute atomic E-state index is 0.175.